The van der Waals surface area contributed by atoms with Crippen LogP contribution in [0.2, 0.25) is 0 Å². The number of hydrogen-bond donors (Lipinski definition) is 1. The third kappa shape index (κ3) is 4.19. The van der Waals surface area contributed by atoms with Gasteiger partial charge in [0, 0.05) is 25.6 Å². The van der Waals surface area contributed by atoms with E-state index in [0.717, 1.165) is 17.8 Å². The van der Waals surface area contributed by atoms with Crippen molar-refractivity contribution < 1.29 is 9.53 Å². The summed E-state index contributed by atoms with van der Waals surface area (Å²) in [7, 11) is 0. The molecule has 1 fully saturated rings. The van der Waals surface area contributed by atoms with Crippen LogP contribution in [-0.2, 0) is 11.3 Å². The van der Waals surface area contributed by atoms with Crippen LogP contribution < -0.4 is 5.32 Å². The van der Waals surface area contributed by atoms with Crippen molar-refractivity contribution in [1.29, 1.82) is 0 Å². The molecule has 7 nitrogen and oxygen atoms in total. The normalized spacial score (nSPS) is 17.1. The summed E-state index contributed by atoms with van der Waals surface area (Å²) in [4.78, 5) is 15.1. The highest BCUT2D eigenvalue weighted by Crippen LogP contribution is 2.44. The van der Waals surface area contributed by atoms with E-state index in [1.807, 2.05) is 41.2 Å². The van der Waals surface area contributed by atoms with E-state index in [4.69, 9.17) is 4.74 Å². The largest absolute Gasteiger partial charge is 0.448 e. The highest BCUT2D eigenvalue weighted by molar-refractivity contribution is 5.79. The van der Waals surface area contributed by atoms with Gasteiger partial charge >= 0.3 is 6.09 Å². The Morgan fingerprint density at radius 1 is 0.943 bits per heavy atom. The SMILES string of the molecule is O=C(OCC1c2ccccc2-c2ccccc21)N1CCNCC1c1cn(Cc2ccccc2)nn1. The van der Waals surface area contributed by atoms with Gasteiger partial charge in [0.2, 0.25) is 0 Å². The van der Waals surface area contributed by atoms with Gasteiger partial charge in [-0.15, -0.1) is 5.10 Å². The number of nitrogens with zero attached hydrogens (tertiary/aromatic N) is 4. The van der Waals surface area contributed by atoms with E-state index in [1.54, 1.807) is 4.90 Å². The number of aromatic nitrogens is 3. The van der Waals surface area contributed by atoms with Crippen LogP contribution >= 0.6 is 0 Å². The van der Waals surface area contributed by atoms with Crippen molar-refractivity contribution in [2.75, 3.05) is 26.2 Å². The summed E-state index contributed by atoms with van der Waals surface area (Å²) in [6, 6.07) is 26.7. The number of fused-ring (bicyclic) bond motifs is 3. The minimum atomic E-state index is -0.309. The van der Waals surface area contributed by atoms with Crippen LogP contribution in [0.3, 0.4) is 0 Å². The lowest BCUT2D eigenvalue weighted by Gasteiger charge is -2.34. The van der Waals surface area contributed by atoms with Gasteiger partial charge in [-0.2, -0.15) is 0 Å². The molecular formula is C28H27N5O2. The number of amides is 1. The zero-order valence-corrected chi connectivity index (χ0v) is 19.4. The van der Waals surface area contributed by atoms with E-state index in [9.17, 15) is 4.79 Å². The van der Waals surface area contributed by atoms with Crippen molar-refractivity contribution in [3.8, 4) is 11.1 Å². The smallest absolute Gasteiger partial charge is 0.410 e. The Labute approximate surface area is 204 Å². The molecule has 1 aliphatic heterocycles. The standard InChI is InChI=1S/C28H27N5O2/c34-28(35-19-25-23-12-6-4-10-21(23)22-11-5-7-13-24(22)25)33-15-14-29-16-27(33)26-18-32(31-30-26)17-20-8-2-1-3-9-20/h1-13,18,25,27,29H,14-17,19H2. The Morgan fingerprint density at radius 3 is 2.37 bits per heavy atom. The van der Waals surface area contributed by atoms with E-state index in [0.29, 0.717) is 26.2 Å². The maximum atomic E-state index is 13.3. The number of hydrogen-bond acceptors (Lipinski definition) is 5. The van der Waals surface area contributed by atoms with Gasteiger partial charge in [-0.1, -0.05) is 84.1 Å². The molecule has 1 unspecified atom stereocenters. The fourth-order valence-corrected chi connectivity index (χ4v) is 5.18. The molecule has 6 rings (SSSR count). The number of ether oxygens (including phenoxy) is 1. The third-order valence-corrected chi connectivity index (χ3v) is 6.90. The molecule has 176 valence electrons. The van der Waals surface area contributed by atoms with Gasteiger partial charge in [-0.05, 0) is 27.8 Å². The number of carbonyl (C=O) groups excluding carboxylic acids is 1. The first-order valence-corrected chi connectivity index (χ1v) is 12.0. The summed E-state index contributed by atoms with van der Waals surface area (Å²) < 4.78 is 7.75. The minimum absolute atomic E-state index is 0.0412. The lowest BCUT2D eigenvalue weighted by atomic mass is 9.98. The van der Waals surface area contributed by atoms with Crippen molar-refractivity contribution in [2.24, 2.45) is 0 Å². The van der Waals surface area contributed by atoms with Gasteiger partial charge in [-0.25, -0.2) is 9.48 Å². The molecule has 0 radical (unpaired) electrons. The Balaban J connectivity index is 1.17. The van der Waals surface area contributed by atoms with Gasteiger partial charge in [0.25, 0.3) is 0 Å². The molecule has 4 aromatic rings. The summed E-state index contributed by atoms with van der Waals surface area (Å²) in [6.07, 6.45) is 1.62. The average Bonchev–Trinajstić information content (AvgIpc) is 3.50. The van der Waals surface area contributed by atoms with Gasteiger partial charge in [0.05, 0.1) is 18.8 Å². The molecule has 0 saturated carbocycles. The summed E-state index contributed by atoms with van der Waals surface area (Å²) in [6.45, 7) is 2.85. The lowest BCUT2D eigenvalue weighted by molar-refractivity contribution is 0.0743. The van der Waals surface area contributed by atoms with Crippen molar-refractivity contribution in [3.63, 3.8) is 0 Å². The Morgan fingerprint density at radius 2 is 1.63 bits per heavy atom. The molecule has 1 amide bonds. The van der Waals surface area contributed by atoms with Crippen molar-refractivity contribution in [1.82, 2.24) is 25.2 Å². The monoisotopic (exact) mass is 465 g/mol. The molecule has 1 N–H and O–H groups in total. The second kappa shape index (κ2) is 9.35. The summed E-state index contributed by atoms with van der Waals surface area (Å²) in [5.41, 5.74) is 6.78. The predicted molar refractivity (Wildman–Crippen MR) is 133 cm³/mol. The molecule has 3 aromatic carbocycles. The Bertz CT molecular complexity index is 1290. The van der Waals surface area contributed by atoms with Crippen LogP contribution in [0.1, 0.15) is 34.3 Å². The topological polar surface area (TPSA) is 72.3 Å². The highest BCUT2D eigenvalue weighted by Gasteiger charge is 2.33. The molecule has 35 heavy (non-hydrogen) atoms. The van der Waals surface area contributed by atoms with Crippen LogP contribution in [-0.4, -0.2) is 52.2 Å². The van der Waals surface area contributed by atoms with E-state index in [-0.39, 0.29) is 18.1 Å². The Hall–Kier alpha value is -3.97. The zero-order chi connectivity index (χ0) is 23.6. The second-order valence-electron chi connectivity index (χ2n) is 9.04. The van der Waals surface area contributed by atoms with Gasteiger partial charge < -0.3 is 10.1 Å². The number of nitrogens with one attached hydrogen (secondary N) is 1. The van der Waals surface area contributed by atoms with E-state index in [1.165, 1.54) is 22.3 Å². The molecule has 7 heteroatoms. The van der Waals surface area contributed by atoms with Crippen molar-refractivity contribution >= 4 is 6.09 Å². The minimum Gasteiger partial charge on any atom is -0.448 e. The van der Waals surface area contributed by atoms with E-state index >= 15 is 0 Å². The summed E-state index contributed by atoms with van der Waals surface area (Å²) in [5.74, 6) is 0.0412. The van der Waals surface area contributed by atoms with Gasteiger partial charge in [0.1, 0.15) is 12.3 Å². The van der Waals surface area contributed by atoms with Crippen molar-refractivity contribution in [3.05, 3.63) is 107 Å². The molecule has 1 aliphatic carbocycles. The first-order chi connectivity index (χ1) is 17.3. The molecule has 1 aromatic heterocycles. The summed E-state index contributed by atoms with van der Waals surface area (Å²) >= 11 is 0. The van der Waals surface area contributed by atoms with Crippen LogP contribution in [0.25, 0.3) is 11.1 Å². The van der Waals surface area contributed by atoms with Gasteiger partial charge in [-0.3, -0.25) is 4.90 Å². The highest BCUT2D eigenvalue weighted by atomic mass is 16.6. The van der Waals surface area contributed by atoms with Crippen molar-refractivity contribution in [2.45, 2.75) is 18.5 Å². The zero-order valence-electron chi connectivity index (χ0n) is 19.4. The van der Waals surface area contributed by atoms with Crippen LogP contribution in [0.15, 0.2) is 85.1 Å². The average molecular weight is 466 g/mol. The molecule has 0 spiro atoms. The van der Waals surface area contributed by atoms with Crippen LogP contribution in [0.4, 0.5) is 4.79 Å². The summed E-state index contributed by atoms with van der Waals surface area (Å²) in [5, 5.41) is 12.1. The number of piperazine rings is 1. The first kappa shape index (κ1) is 21.6. The molecule has 2 heterocycles. The van der Waals surface area contributed by atoms with Gasteiger partial charge in [0.15, 0.2) is 0 Å². The number of rotatable bonds is 5. The first-order valence-electron chi connectivity index (χ1n) is 12.0. The third-order valence-electron chi connectivity index (χ3n) is 6.90. The predicted octanol–water partition coefficient (Wildman–Crippen LogP) is 4.22. The second-order valence-corrected chi connectivity index (χ2v) is 9.04. The molecule has 1 atom stereocenters. The molecule has 0 bridgehead atoms. The fourth-order valence-electron chi connectivity index (χ4n) is 5.18. The number of benzene rings is 3. The molecular weight excluding hydrogens is 438 g/mol. The van der Waals surface area contributed by atoms with Crippen LogP contribution in [0, 0.1) is 0 Å². The lowest BCUT2D eigenvalue weighted by Crippen LogP contribution is -2.49. The van der Waals surface area contributed by atoms with E-state index in [2.05, 4.69) is 64.2 Å². The maximum Gasteiger partial charge on any atom is 0.410 e. The van der Waals surface area contributed by atoms with E-state index < -0.39 is 0 Å². The fraction of sp³-hybridized carbons (Fsp3) is 0.250. The number of carbonyl (C=O) groups is 1. The van der Waals surface area contributed by atoms with Crippen LogP contribution in [0.5, 0.6) is 0 Å². The quantitative estimate of drug-likeness (QED) is 0.478. The maximum absolute atomic E-state index is 13.3. The molecule has 1 saturated heterocycles. The molecule has 2 aliphatic rings. The Kier molecular flexibility index (Phi) is 5.76.